The summed E-state index contributed by atoms with van der Waals surface area (Å²) < 4.78 is 39.9. The van der Waals surface area contributed by atoms with Crippen LogP contribution in [-0.4, -0.2) is 44.4 Å². The van der Waals surface area contributed by atoms with Gasteiger partial charge in [0.15, 0.2) is 6.29 Å². The van der Waals surface area contributed by atoms with Crippen LogP contribution in [0.1, 0.15) is 22.3 Å². The van der Waals surface area contributed by atoms with E-state index in [0.717, 1.165) is 31.2 Å². The highest BCUT2D eigenvalue weighted by atomic mass is 79.9. The molecule has 8 heteroatoms. The van der Waals surface area contributed by atoms with Crippen molar-refractivity contribution in [1.82, 2.24) is 0 Å². The van der Waals surface area contributed by atoms with E-state index in [1.54, 1.807) is 7.11 Å². The molecule has 43 heavy (non-hydrogen) atoms. The molecule has 1 aliphatic heterocycles. The van der Waals surface area contributed by atoms with Gasteiger partial charge in [-0.25, -0.2) is 0 Å². The molecule has 1 fully saturated rings. The van der Waals surface area contributed by atoms with Gasteiger partial charge in [0.2, 0.25) is 0 Å². The summed E-state index contributed by atoms with van der Waals surface area (Å²) in [5.74, 6) is 0. The van der Waals surface area contributed by atoms with Crippen LogP contribution in [0.2, 0.25) is 0 Å². The summed E-state index contributed by atoms with van der Waals surface area (Å²) in [5.41, 5.74) is 3.87. The summed E-state index contributed by atoms with van der Waals surface area (Å²) in [7, 11) is 1.60. The molecule has 4 aromatic carbocycles. The van der Waals surface area contributed by atoms with Crippen molar-refractivity contribution in [2.24, 2.45) is 0 Å². The molecule has 5 atom stereocenters. The minimum absolute atomic E-state index is 0.246. The van der Waals surface area contributed by atoms with Gasteiger partial charge in [0.25, 0.3) is 0 Å². The smallest absolute Gasteiger partial charge is 0.186 e. The Balaban J connectivity index is 1.39. The van der Waals surface area contributed by atoms with Crippen molar-refractivity contribution in [1.29, 1.82) is 0 Å². The second kappa shape index (κ2) is 16.4. The fourth-order valence-electron chi connectivity index (χ4n) is 4.76. The first-order chi connectivity index (χ1) is 21.1. The molecule has 0 N–H and O–H groups in total. The van der Waals surface area contributed by atoms with Crippen LogP contribution < -0.4 is 0 Å². The number of rotatable bonds is 14. The van der Waals surface area contributed by atoms with Crippen LogP contribution >= 0.6 is 31.9 Å². The molecule has 0 saturated carbocycles. The van der Waals surface area contributed by atoms with E-state index < -0.39 is 30.7 Å². The lowest BCUT2D eigenvalue weighted by Gasteiger charge is -2.45. The summed E-state index contributed by atoms with van der Waals surface area (Å²) >= 11 is 6.98. The van der Waals surface area contributed by atoms with Crippen molar-refractivity contribution < 1.29 is 28.4 Å². The van der Waals surface area contributed by atoms with Crippen molar-refractivity contribution in [3.05, 3.63) is 140 Å². The molecule has 5 rings (SSSR count). The Kier molecular flexibility index (Phi) is 12.0. The number of hydrogen-bond donors (Lipinski definition) is 0. The predicted octanol–water partition coefficient (Wildman–Crippen LogP) is 7.06. The molecule has 1 aliphatic rings. The van der Waals surface area contributed by atoms with E-state index >= 15 is 0 Å². The Labute approximate surface area is 270 Å². The van der Waals surface area contributed by atoms with Gasteiger partial charge in [0, 0.05) is 28.8 Å². The molecule has 0 aromatic heterocycles. The van der Waals surface area contributed by atoms with Crippen LogP contribution in [0, 0.1) is 24.3 Å². The Morgan fingerprint density at radius 1 is 0.698 bits per heavy atom. The molecule has 0 radical (unpaired) electrons. The normalized spacial score (nSPS) is 21.6. The lowest BCUT2D eigenvalue weighted by atomic mass is 9.97. The van der Waals surface area contributed by atoms with Crippen LogP contribution in [0.15, 0.2) is 93.9 Å². The monoisotopic (exact) mass is 706 g/mol. The second-order valence-electron chi connectivity index (χ2n) is 10.00. The summed E-state index contributed by atoms with van der Waals surface area (Å²) in [5, 5.41) is 0. The summed E-state index contributed by atoms with van der Waals surface area (Å²) in [6, 6.07) is 39.6. The number of halogens is 2. The van der Waals surface area contributed by atoms with E-state index in [1.165, 1.54) is 0 Å². The highest BCUT2D eigenvalue weighted by molar-refractivity contribution is 9.10. The first-order valence-corrected chi connectivity index (χ1v) is 15.5. The third kappa shape index (κ3) is 9.12. The Morgan fingerprint density at radius 3 is 1.98 bits per heavy atom. The van der Waals surface area contributed by atoms with E-state index in [-0.39, 0.29) is 13.2 Å². The molecular weight excluding hydrogens is 676 g/mol. The summed E-state index contributed by atoms with van der Waals surface area (Å²) in [6.07, 6.45) is -2.89. The molecule has 0 bridgehead atoms. The molecule has 0 aliphatic carbocycles. The van der Waals surface area contributed by atoms with Gasteiger partial charge in [-0.3, -0.25) is 0 Å². The van der Waals surface area contributed by atoms with Gasteiger partial charge in [-0.05, 0) is 61.2 Å². The Morgan fingerprint density at radius 2 is 1.35 bits per heavy atom. The summed E-state index contributed by atoms with van der Waals surface area (Å²) in [6.45, 7) is 1.61. The van der Waals surface area contributed by atoms with E-state index in [1.807, 2.05) is 84.9 Å². The Bertz CT molecular complexity index is 1370. The van der Waals surface area contributed by atoms with Crippen molar-refractivity contribution in [2.45, 2.75) is 57.1 Å². The van der Waals surface area contributed by atoms with Crippen molar-refractivity contribution >= 4 is 31.9 Å². The highest BCUT2D eigenvalue weighted by Gasteiger charge is 2.48. The fraction of sp³-hybridized carbons (Fsp3) is 0.314. The minimum atomic E-state index is -0.725. The molecule has 4 aromatic rings. The molecule has 0 amide bonds. The van der Waals surface area contributed by atoms with Gasteiger partial charge in [-0.15, -0.1) is 0 Å². The van der Waals surface area contributed by atoms with Crippen molar-refractivity contribution in [3.8, 4) is 0 Å². The highest BCUT2D eigenvalue weighted by Crippen LogP contribution is 2.31. The first-order valence-electron chi connectivity index (χ1n) is 13.9. The van der Waals surface area contributed by atoms with E-state index in [2.05, 4.69) is 56.1 Å². The van der Waals surface area contributed by atoms with Crippen molar-refractivity contribution in [3.63, 3.8) is 0 Å². The van der Waals surface area contributed by atoms with Crippen LogP contribution in [0.5, 0.6) is 0 Å². The topological polar surface area (TPSA) is 55.4 Å². The first kappa shape index (κ1) is 31.7. The van der Waals surface area contributed by atoms with E-state index in [0.29, 0.717) is 19.8 Å². The van der Waals surface area contributed by atoms with Crippen LogP contribution in [-0.2, 0) is 54.8 Å². The van der Waals surface area contributed by atoms with Crippen molar-refractivity contribution in [2.75, 3.05) is 13.7 Å². The van der Waals surface area contributed by atoms with Crippen LogP contribution in [0.3, 0.4) is 0 Å². The molecule has 222 valence electrons. The quantitative estimate of drug-likeness (QED) is 0.140. The predicted molar refractivity (Wildman–Crippen MR) is 168 cm³/mol. The SMILES string of the molecule is CO[C@@H]1OC(COCc2c#cc(Br)cc2)[C@H](OCc2ccccc2)[C@@H](OCc2ccccc2)C1OCc1cc#ccc1Br. The number of methoxy groups -OCH3 is 1. The number of benzene rings is 2. The largest absolute Gasteiger partial charge is 0.373 e. The molecule has 0 spiro atoms. The van der Waals surface area contributed by atoms with Crippen LogP contribution in [0.25, 0.3) is 0 Å². The zero-order chi connectivity index (χ0) is 29.9. The third-order valence-corrected chi connectivity index (χ3v) is 8.17. The number of hydrogen-bond acceptors (Lipinski definition) is 6. The maximum absolute atomic E-state index is 6.63. The lowest BCUT2D eigenvalue weighted by molar-refractivity contribution is -0.323. The van der Waals surface area contributed by atoms with E-state index in [4.69, 9.17) is 28.4 Å². The summed E-state index contributed by atoms with van der Waals surface area (Å²) in [4.78, 5) is 0. The fourth-order valence-corrected chi connectivity index (χ4v) is 5.34. The molecule has 6 nitrogen and oxygen atoms in total. The average Bonchev–Trinajstić information content (AvgIpc) is 3.04. The molecule has 1 heterocycles. The van der Waals surface area contributed by atoms with Gasteiger partial charge in [0.1, 0.15) is 24.4 Å². The third-order valence-electron chi connectivity index (χ3n) is 6.97. The van der Waals surface area contributed by atoms with Gasteiger partial charge < -0.3 is 28.4 Å². The molecular formula is C35H32Br2O6. The molecule has 2 unspecified atom stereocenters. The number of ether oxygens (including phenoxy) is 6. The lowest BCUT2D eigenvalue weighted by Crippen LogP contribution is -2.61. The average molecular weight is 708 g/mol. The second-order valence-corrected chi connectivity index (χ2v) is 11.7. The maximum Gasteiger partial charge on any atom is 0.186 e. The van der Waals surface area contributed by atoms with Gasteiger partial charge in [0.05, 0.1) is 37.5 Å². The van der Waals surface area contributed by atoms with E-state index in [9.17, 15) is 0 Å². The van der Waals surface area contributed by atoms with Gasteiger partial charge in [-0.1, -0.05) is 84.9 Å². The Hall–Kier alpha value is -2.76. The van der Waals surface area contributed by atoms with Crippen LogP contribution in [0.4, 0.5) is 0 Å². The van der Waals surface area contributed by atoms with Gasteiger partial charge in [-0.2, -0.15) is 0 Å². The standard InChI is InChI=1S/C35H32Br2O6/c1-38-35-34(42-23-28-14-8-9-15-30(28)37)33(41-22-26-12-6-3-7-13-26)32(40-21-25-10-4-2-5-11-25)31(43-35)24-39-20-27-16-18-29(36)19-17-27/h2-7,10-16,18,31-35H,20-24H2,1H3/t31?,32-,33+,34?,35+/m0/s1. The molecule has 1 saturated heterocycles. The maximum atomic E-state index is 6.63. The zero-order valence-corrected chi connectivity index (χ0v) is 26.9. The van der Waals surface area contributed by atoms with Gasteiger partial charge >= 0.3 is 0 Å². The minimum Gasteiger partial charge on any atom is -0.373 e. The zero-order valence-electron chi connectivity index (χ0n) is 23.7.